The molecule has 3 heterocycles. The van der Waals surface area contributed by atoms with Crippen molar-refractivity contribution in [2.45, 2.75) is 244 Å². The predicted octanol–water partition coefficient (Wildman–Crippen LogP) is 9.74. The van der Waals surface area contributed by atoms with Crippen LogP contribution in [0.3, 0.4) is 0 Å². The maximum atomic E-state index is 15.3. The number of esters is 1. The van der Waals surface area contributed by atoms with Gasteiger partial charge in [0.15, 0.2) is 35.3 Å². The first-order chi connectivity index (χ1) is 36.6. The summed E-state index contributed by atoms with van der Waals surface area (Å²) in [6.45, 7) is 33.0. The summed E-state index contributed by atoms with van der Waals surface area (Å²) in [5, 5.41) is 29.1. The first-order valence-corrected chi connectivity index (χ1v) is 35.2. The third-order valence-corrected chi connectivity index (χ3v) is 18.1. The number of carbonyl (C=O) groups excluding carboxylic acids is 3. The molecule has 3 saturated heterocycles. The van der Waals surface area contributed by atoms with Crippen LogP contribution in [0.25, 0.3) is 0 Å². The molecule has 3 fully saturated rings. The van der Waals surface area contributed by atoms with E-state index in [9.17, 15) is 19.8 Å². The number of methoxy groups -OCH3 is 1. The Morgan fingerprint density at radius 1 is 0.785 bits per heavy atom. The summed E-state index contributed by atoms with van der Waals surface area (Å²) >= 11 is 0. The lowest BCUT2D eigenvalue weighted by atomic mass is 9.71. The molecule has 3 aliphatic heterocycles. The monoisotopic (exact) mass is 1150 g/mol. The Balaban J connectivity index is 1.66. The van der Waals surface area contributed by atoms with Gasteiger partial charge in [-0.25, -0.2) is 9.59 Å². The van der Waals surface area contributed by atoms with E-state index in [0.29, 0.717) is 6.54 Å². The van der Waals surface area contributed by atoms with Crippen molar-refractivity contribution in [3.05, 3.63) is 71.8 Å². The number of nitrogens with zero attached hydrogens (tertiary/aromatic N) is 1. The summed E-state index contributed by atoms with van der Waals surface area (Å²) in [5.74, 6) is -3.02. The summed E-state index contributed by atoms with van der Waals surface area (Å²) in [6.07, 6.45) is -9.60. The predicted molar refractivity (Wildman–Crippen MR) is 305 cm³/mol. The molecule has 1 amide bonds. The zero-order valence-corrected chi connectivity index (χ0v) is 52.9. The molecule has 18 nitrogen and oxygen atoms in total. The largest absolute Gasteiger partial charge is 0.509 e. The van der Waals surface area contributed by atoms with Crippen LogP contribution in [0.1, 0.15) is 113 Å². The van der Waals surface area contributed by atoms with Gasteiger partial charge in [-0.3, -0.25) is 4.79 Å². The van der Waals surface area contributed by atoms with Gasteiger partial charge in [0.25, 0.3) is 0 Å². The Morgan fingerprint density at radius 3 is 1.89 bits per heavy atom. The lowest BCUT2D eigenvalue weighted by molar-refractivity contribution is -0.333. The molecular weight excluding hydrogens is 1050 g/mol. The summed E-state index contributed by atoms with van der Waals surface area (Å²) in [5.41, 5.74) is -4.48. The molecule has 18 atom stereocenters. The Bertz CT molecular complexity index is 2250. The summed E-state index contributed by atoms with van der Waals surface area (Å²) in [6, 6.07) is 17.0. The van der Waals surface area contributed by atoms with Crippen molar-refractivity contribution in [2.24, 2.45) is 17.8 Å². The topological polar surface area (TPSA) is 208 Å². The zero-order valence-electron chi connectivity index (χ0n) is 50.9. The highest BCUT2D eigenvalue weighted by molar-refractivity contribution is 6.70. The highest BCUT2D eigenvalue weighted by Crippen LogP contribution is 2.46. The molecule has 20 heteroatoms. The van der Waals surface area contributed by atoms with E-state index in [1.165, 1.54) is 0 Å². The molecule has 2 aromatic rings. The van der Waals surface area contributed by atoms with Crippen molar-refractivity contribution in [3.63, 3.8) is 0 Å². The lowest BCUT2D eigenvalue weighted by Crippen LogP contribution is -2.64. The Morgan fingerprint density at radius 2 is 1.34 bits per heavy atom. The number of hydrogen-bond acceptors (Lipinski definition) is 17. The van der Waals surface area contributed by atoms with E-state index in [-0.39, 0.29) is 44.8 Å². The second kappa shape index (κ2) is 27.3. The van der Waals surface area contributed by atoms with Gasteiger partial charge >= 0.3 is 18.2 Å². The van der Waals surface area contributed by atoms with Gasteiger partial charge in [-0.05, 0) is 138 Å². The molecule has 0 unspecified atom stereocenters. The van der Waals surface area contributed by atoms with Crippen LogP contribution >= 0.6 is 0 Å². The van der Waals surface area contributed by atoms with Gasteiger partial charge in [0.05, 0.1) is 59.3 Å². The molecule has 3 N–H and O–H groups in total. The third kappa shape index (κ3) is 17.7. The number of alkyl carbamates (subject to hydrolysis) is 1. The van der Waals surface area contributed by atoms with Crippen LogP contribution < -0.4 is 5.32 Å². The highest BCUT2D eigenvalue weighted by atomic mass is 28.4. The molecule has 0 spiro atoms. The van der Waals surface area contributed by atoms with Crippen LogP contribution in [0.5, 0.6) is 0 Å². The summed E-state index contributed by atoms with van der Waals surface area (Å²) < 4.78 is 71.7. The smallest absolute Gasteiger partial charge is 0.459 e. The van der Waals surface area contributed by atoms with E-state index in [4.69, 9.17) is 51.5 Å². The van der Waals surface area contributed by atoms with E-state index in [1.807, 2.05) is 109 Å². The van der Waals surface area contributed by atoms with Crippen LogP contribution in [0.15, 0.2) is 60.7 Å². The minimum Gasteiger partial charge on any atom is -0.459 e. The van der Waals surface area contributed by atoms with Crippen LogP contribution in [0, 0.1) is 17.8 Å². The first-order valence-electron chi connectivity index (χ1n) is 28.4. The van der Waals surface area contributed by atoms with E-state index in [2.05, 4.69) is 49.5 Å². The zero-order chi connectivity index (χ0) is 59.1. The van der Waals surface area contributed by atoms with E-state index in [1.54, 1.807) is 41.7 Å². The molecule has 2 aromatic carbocycles. The molecule has 0 bridgehead atoms. The van der Waals surface area contributed by atoms with Crippen molar-refractivity contribution >= 4 is 34.9 Å². The number of cyclic esters (lactones) is 1. The van der Waals surface area contributed by atoms with Gasteiger partial charge in [-0.15, -0.1) is 0 Å². The standard InChI is InChI=1S/C59H98N2O16Si2/c1-20-46-58(10,66)50(76-78(14,15)16)41(6)61(12)34-37(2)32-56(8,65)49(39(4)59(11,40(5)52(62)72-46)75-47-33-57(9,67-13)51(42(7)71-47)77-79(17,18)19)74-53-48(73-55(64)69-36-44-29-25-22-26-30-44)45(31-38(3)70-53)60-54(63)68-35-43-27-23-21-24-28-43/h21-30,37-42,45-51,53,65-66H,20,31-36H2,1-19H3,(H,60,63)/t37-,38-,39-,40+,41-,42-,45-,46-,47-,48-,49-,50-,51-,53+,56-,57+,58-,59+/m1/s1. The fraction of sp³-hybridized carbons (Fsp3) is 0.746. The molecule has 0 aliphatic carbocycles. The number of likely N-dealkylation sites (N-methyl/N-ethyl adjacent to an activating group) is 1. The second-order valence-electron chi connectivity index (χ2n) is 25.5. The number of aliphatic hydroxyl groups is 2. The van der Waals surface area contributed by atoms with E-state index in [0.717, 1.165) is 11.1 Å². The van der Waals surface area contributed by atoms with Crippen molar-refractivity contribution in [1.82, 2.24) is 10.2 Å². The molecule has 448 valence electrons. The molecule has 0 aromatic heterocycles. The Hall–Kier alpha value is -3.52. The second-order valence-corrected chi connectivity index (χ2v) is 34.5. The maximum absolute atomic E-state index is 15.3. The highest BCUT2D eigenvalue weighted by Gasteiger charge is 2.58. The maximum Gasteiger partial charge on any atom is 0.509 e. The first kappa shape index (κ1) is 66.3. The quantitative estimate of drug-likeness (QED) is 0.0812. The van der Waals surface area contributed by atoms with Gasteiger partial charge in [-0.2, -0.15) is 0 Å². The molecule has 3 aliphatic rings. The fourth-order valence-electron chi connectivity index (χ4n) is 11.7. The van der Waals surface area contributed by atoms with Crippen LogP contribution in [0.2, 0.25) is 39.3 Å². The minimum atomic E-state index is -2.35. The fourth-order valence-corrected chi connectivity index (χ4v) is 14.1. The Kier molecular flexibility index (Phi) is 22.9. The van der Waals surface area contributed by atoms with Crippen molar-refractivity contribution in [2.75, 3.05) is 20.7 Å². The van der Waals surface area contributed by atoms with Gasteiger partial charge in [0.1, 0.15) is 24.9 Å². The average molecular weight is 1150 g/mol. The van der Waals surface area contributed by atoms with Gasteiger partial charge in [-0.1, -0.05) is 81.4 Å². The third-order valence-electron chi connectivity index (χ3n) is 16.2. The minimum absolute atomic E-state index is 0.0224. The van der Waals surface area contributed by atoms with E-state index >= 15 is 4.79 Å². The molecule has 0 radical (unpaired) electrons. The molecule has 5 rings (SSSR count). The average Bonchev–Trinajstić information content (AvgIpc) is 3.39. The number of hydrogen-bond donors (Lipinski definition) is 3. The lowest BCUT2D eigenvalue weighted by Gasteiger charge is -2.53. The summed E-state index contributed by atoms with van der Waals surface area (Å²) in [4.78, 5) is 45.0. The molecular formula is C59H98N2O16Si2. The summed E-state index contributed by atoms with van der Waals surface area (Å²) in [7, 11) is -0.906. The number of amides is 1. The van der Waals surface area contributed by atoms with Crippen LogP contribution in [-0.4, -0.2) is 160 Å². The Labute approximate surface area is 473 Å². The number of ether oxygens (including phenoxy) is 9. The van der Waals surface area contributed by atoms with Gasteiger partial charge in [0, 0.05) is 32.0 Å². The normalized spacial score (nSPS) is 37.7. The number of rotatable bonds is 16. The van der Waals surface area contributed by atoms with Crippen LogP contribution in [-0.2, 0) is 69.5 Å². The van der Waals surface area contributed by atoms with Crippen molar-refractivity contribution in [1.29, 1.82) is 0 Å². The van der Waals surface area contributed by atoms with Crippen molar-refractivity contribution < 1.29 is 76.1 Å². The number of carbonyl (C=O) groups is 3. The van der Waals surface area contributed by atoms with Gasteiger partial charge < -0.3 is 71.9 Å². The number of nitrogens with one attached hydrogen (secondary N) is 1. The molecule has 0 saturated carbocycles. The van der Waals surface area contributed by atoms with Gasteiger partial charge in [0.2, 0.25) is 0 Å². The van der Waals surface area contributed by atoms with E-state index < -0.39 is 136 Å². The van der Waals surface area contributed by atoms with Crippen LogP contribution in [0.4, 0.5) is 9.59 Å². The van der Waals surface area contributed by atoms with Crippen molar-refractivity contribution in [3.8, 4) is 0 Å². The SMILES string of the molecule is CC[C@H]1OC(=O)[C@H](C)[C@@](C)(O[C@@H]2C[C@](C)(OC)[C@H](O[Si](C)(C)C)[C@@H](C)O2)[C@H](C)[C@@H](O[C@@H]2O[C@H](C)C[C@@H](NC(=O)OCc3ccccc3)[C@H]2OC(=O)OCc2ccccc2)[C@](C)(O)C[C@@H](C)CN(C)[C@H](C)[C@@H](O[Si](C)(C)C)[C@]1(C)O. The number of benzene rings is 2. The molecule has 79 heavy (non-hydrogen) atoms.